The SMILES string of the molecule is c1ccc2c(c1)oc1cc(-c3cc(-c4ccc5c(c4)oc4ccccc45)c4c5c6c(ncc5n5c7cnc8c(c7c3c45)C3CC4CC(CC8C4)C3)C3CC4CC(C3)CC6C4)ccc12. The number of fused-ring (bicyclic) bond motifs is 12. The Kier molecular flexibility index (Phi) is 6.08. The van der Waals surface area contributed by atoms with Gasteiger partial charge in [0.25, 0.3) is 0 Å². The van der Waals surface area contributed by atoms with Crippen LogP contribution in [0, 0.1) is 23.7 Å². The zero-order valence-electron chi connectivity index (χ0n) is 35.2. The lowest BCUT2D eigenvalue weighted by molar-refractivity contribution is 0.165. The molecule has 0 amide bonds. The summed E-state index contributed by atoms with van der Waals surface area (Å²) >= 11 is 0. The molecule has 0 aliphatic heterocycles. The first kappa shape index (κ1) is 33.4. The number of hydrogen-bond donors (Lipinski definition) is 0. The van der Waals surface area contributed by atoms with Crippen molar-refractivity contribution in [3.8, 4) is 22.3 Å². The van der Waals surface area contributed by atoms with Gasteiger partial charge in [-0.25, -0.2) is 0 Å². The number of benzene rings is 5. The molecule has 6 heterocycles. The van der Waals surface area contributed by atoms with Crippen molar-refractivity contribution in [3.05, 3.63) is 126 Å². The zero-order chi connectivity index (χ0) is 40.4. The number of aromatic nitrogens is 3. The minimum Gasteiger partial charge on any atom is -0.456 e. The van der Waals surface area contributed by atoms with E-state index in [4.69, 9.17) is 18.8 Å². The summed E-state index contributed by atoms with van der Waals surface area (Å²) in [5.74, 6) is 5.47. The molecule has 8 bridgehead atoms. The molecule has 8 aliphatic carbocycles. The predicted molar refractivity (Wildman–Crippen MR) is 253 cm³/mol. The van der Waals surface area contributed by atoms with Crippen molar-refractivity contribution in [2.24, 2.45) is 23.7 Å². The smallest absolute Gasteiger partial charge is 0.136 e. The van der Waals surface area contributed by atoms with Crippen LogP contribution in [0.25, 0.3) is 104 Å². The molecule has 4 saturated carbocycles. The van der Waals surface area contributed by atoms with E-state index < -0.39 is 0 Å². The fourth-order valence-corrected chi connectivity index (χ4v) is 16.0. The summed E-state index contributed by atoms with van der Waals surface area (Å²) in [4.78, 5) is 11.2. The van der Waals surface area contributed by atoms with E-state index in [0.717, 1.165) is 46.0 Å². The summed E-state index contributed by atoms with van der Waals surface area (Å²) in [6.07, 6.45) is 17.8. The second-order valence-corrected chi connectivity index (χ2v) is 21.3. The van der Waals surface area contributed by atoms with Crippen LogP contribution in [0.1, 0.15) is 110 Å². The van der Waals surface area contributed by atoms with E-state index in [1.165, 1.54) is 157 Å². The molecule has 8 aliphatic rings. The van der Waals surface area contributed by atoms with Gasteiger partial charge in [-0.05, 0) is 176 Å². The molecule has 304 valence electrons. The van der Waals surface area contributed by atoms with Gasteiger partial charge in [0.05, 0.1) is 28.9 Å². The average molecular weight is 816 g/mol. The van der Waals surface area contributed by atoms with Crippen molar-refractivity contribution in [1.29, 1.82) is 0 Å². The van der Waals surface area contributed by atoms with E-state index >= 15 is 0 Å². The van der Waals surface area contributed by atoms with Gasteiger partial charge in [-0.15, -0.1) is 0 Å². The van der Waals surface area contributed by atoms with Crippen LogP contribution in [0.2, 0.25) is 0 Å². The molecule has 63 heavy (non-hydrogen) atoms. The van der Waals surface area contributed by atoms with Crippen LogP contribution in [0.3, 0.4) is 0 Å². The van der Waals surface area contributed by atoms with E-state index in [2.05, 4.69) is 108 Å². The maximum Gasteiger partial charge on any atom is 0.136 e. The largest absolute Gasteiger partial charge is 0.456 e. The fourth-order valence-electron chi connectivity index (χ4n) is 16.0. The van der Waals surface area contributed by atoms with Crippen molar-refractivity contribution in [2.45, 2.75) is 87.9 Å². The molecule has 6 aromatic heterocycles. The van der Waals surface area contributed by atoms with E-state index in [1.54, 1.807) is 11.1 Å². The first-order chi connectivity index (χ1) is 31.1. The van der Waals surface area contributed by atoms with Crippen LogP contribution in [0.15, 0.2) is 112 Å². The summed E-state index contributed by atoms with van der Waals surface area (Å²) < 4.78 is 16.0. The summed E-state index contributed by atoms with van der Waals surface area (Å²) in [6, 6.07) is 33.6. The molecule has 5 heteroatoms. The Morgan fingerprint density at radius 1 is 0.413 bits per heavy atom. The zero-order valence-corrected chi connectivity index (χ0v) is 35.2. The normalized spacial score (nSPS) is 27.0. The third-order valence-electron chi connectivity index (χ3n) is 18.0. The summed E-state index contributed by atoms with van der Waals surface area (Å²) in [6.45, 7) is 0. The van der Waals surface area contributed by atoms with Crippen LogP contribution in [0.5, 0.6) is 0 Å². The standard InChI is InChI=1S/C58H45N3O2/c1-3-7-46-38(5-1)40-11-9-32(23-48(40)62-46)42-25-43(33-10-12-41-39-6-2-4-8-47(39)63-49(41)24-33)53-55-45(27-60-57-37-21-30-14-31(22-37)18-35(17-30)51(55)57)61-44-26-59-56-36-19-28-13-29(20-36)16-34(15-28)50(56)54(44)52(42)58(53)61/h1-12,23-31,34-37H,13-22H2. The second kappa shape index (κ2) is 11.5. The molecule has 4 fully saturated rings. The van der Waals surface area contributed by atoms with Crippen molar-refractivity contribution < 1.29 is 8.83 Å². The average Bonchev–Trinajstić information content (AvgIpc) is 4.00. The monoisotopic (exact) mass is 815 g/mol. The topological polar surface area (TPSA) is 56.5 Å². The quantitative estimate of drug-likeness (QED) is 0.174. The highest BCUT2D eigenvalue weighted by atomic mass is 16.3. The highest BCUT2D eigenvalue weighted by Gasteiger charge is 2.46. The molecular weight excluding hydrogens is 771 g/mol. The molecule has 4 unspecified atom stereocenters. The lowest BCUT2D eigenvalue weighted by atomic mass is 9.67. The van der Waals surface area contributed by atoms with Crippen molar-refractivity contribution >= 4 is 82.0 Å². The Bertz CT molecular complexity index is 3570. The Morgan fingerprint density at radius 3 is 1.32 bits per heavy atom. The molecular formula is C58H45N3O2. The summed E-state index contributed by atoms with van der Waals surface area (Å²) in [5.41, 5.74) is 18.6. The van der Waals surface area contributed by atoms with E-state index in [-0.39, 0.29) is 0 Å². The van der Waals surface area contributed by atoms with E-state index in [9.17, 15) is 0 Å². The highest BCUT2D eigenvalue weighted by molar-refractivity contribution is 6.32. The van der Waals surface area contributed by atoms with Gasteiger partial charge >= 0.3 is 0 Å². The van der Waals surface area contributed by atoms with Gasteiger partial charge in [0.15, 0.2) is 0 Å². The highest BCUT2D eigenvalue weighted by Crippen LogP contribution is 2.62. The number of rotatable bonds is 2. The Morgan fingerprint density at radius 2 is 0.841 bits per heavy atom. The van der Waals surface area contributed by atoms with Crippen molar-refractivity contribution in [3.63, 3.8) is 0 Å². The number of para-hydroxylation sites is 2. The molecule has 19 rings (SSSR count). The van der Waals surface area contributed by atoms with Crippen LogP contribution in [-0.4, -0.2) is 14.4 Å². The summed E-state index contributed by atoms with van der Waals surface area (Å²) in [5, 5.41) is 10.4. The van der Waals surface area contributed by atoms with Gasteiger partial charge in [-0.1, -0.05) is 48.5 Å². The molecule has 11 aromatic rings. The van der Waals surface area contributed by atoms with Crippen LogP contribution in [-0.2, 0) is 0 Å². The van der Waals surface area contributed by atoms with Gasteiger partial charge in [0.2, 0.25) is 0 Å². The van der Waals surface area contributed by atoms with Gasteiger partial charge in [0, 0.05) is 66.3 Å². The first-order valence-electron chi connectivity index (χ1n) is 24.1. The van der Waals surface area contributed by atoms with E-state index in [0.29, 0.717) is 23.7 Å². The third kappa shape index (κ3) is 4.21. The van der Waals surface area contributed by atoms with Crippen LogP contribution >= 0.6 is 0 Å². The third-order valence-corrected chi connectivity index (χ3v) is 18.0. The minimum atomic E-state index is 0.547. The molecule has 0 spiro atoms. The van der Waals surface area contributed by atoms with Crippen LogP contribution < -0.4 is 0 Å². The van der Waals surface area contributed by atoms with E-state index in [1.807, 2.05) is 0 Å². The van der Waals surface area contributed by atoms with Gasteiger partial charge in [-0.2, -0.15) is 0 Å². The lowest BCUT2D eigenvalue weighted by Gasteiger charge is -2.38. The number of pyridine rings is 2. The Labute approximate surface area is 363 Å². The van der Waals surface area contributed by atoms with Gasteiger partial charge in [0.1, 0.15) is 22.3 Å². The molecule has 5 aromatic carbocycles. The van der Waals surface area contributed by atoms with Crippen molar-refractivity contribution in [2.75, 3.05) is 0 Å². The Hall–Kier alpha value is -6.20. The molecule has 4 atom stereocenters. The maximum absolute atomic E-state index is 6.67. The lowest BCUT2D eigenvalue weighted by Crippen LogP contribution is -2.25. The molecule has 0 N–H and O–H groups in total. The minimum absolute atomic E-state index is 0.547. The summed E-state index contributed by atoms with van der Waals surface area (Å²) in [7, 11) is 0. The fraction of sp³-hybridized carbons (Fsp3) is 0.310. The van der Waals surface area contributed by atoms with Crippen LogP contribution in [0.4, 0.5) is 0 Å². The molecule has 0 radical (unpaired) electrons. The molecule has 5 nitrogen and oxygen atoms in total. The second-order valence-electron chi connectivity index (χ2n) is 21.3. The molecule has 0 saturated heterocycles. The number of nitrogens with zero attached hydrogens (tertiary/aromatic N) is 3. The number of hydrogen-bond acceptors (Lipinski definition) is 4. The van der Waals surface area contributed by atoms with Gasteiger partial charge in [-0.3, -0.25) is 9.97 Å². The van der Waals surface area contributed by atoms with Gasteiger partial charge < -0.3 is 13.2 Å². The predicted octanol–water partition coefficient (Wildman–Crippen LogP) is 15.5. The Balaban J connectivity index is 1.07. The number of furan rings is 2. The maximum atomic E-state index is 6.67. The van der Waals surface area contributed by atoms with Crippen molar-refractivity contribution in [1.82, 2.24) is 14.4 Å². The first-order valence-corrected chi connectivity index (χ1v) is 24.1.